The molecule has 13 heavy (non-hydrogen) atoms. The first-order chi connectivity index (χ1) is 6.33. The van der Waals surface area contributed by atoms with Crippen LogP contribution in [-0.4, -0.2) is 11.4 Å². The van der Waals surface area contributed by atoms with Gasteiger partial charge in [0.2, 0.25) is 0 Å². The summed E-state index contributed by atoms with van der Waals surface area (Å²) in [6.45, 7) is 0.0652. The van der Waals surface area contributed by atoms with Gasteiger partial charge in [-0.25, -0.2) is 0 Å². The molecule has 1 aromatic heterocycles. The molecule has 2 nitrogen and oxygen atoms in total. The molecule has 0 saturated heterocycles. The molecule has 0 fully saturated rings. The summed E-state index contributed by atoms with van der Waals surface area (Å²) in [5.74, 6) is 0. The summed E-state index contributed by atoms with van der Waals surface area (Å²) in [4.78, 5) is 11.4. The van der Waals surface area contributed by atoms with E-state index in [1.165, 1.54) is 0 Å². The van der Waals surface area contributed by atoms with Crippen molar-refractivity contribution in [2.24, 2.45) is 0 Å². The lowest BCUT2D eigenvalue weighted by Gasteiger charge is -1.89. The maximum atomic E-state index is 10.5. The largest absolute Gasteiger partial charge is 0.391 e. The molecule has 1 N–H and O–H groups in total. The molecule has 0 saturated carbocycles. The second-order valence-electron chi connectivity index (χ2n) is 2.79. The minimum atomic E-state index is 0.0652. The second-order valence-corrected chi connectivity index (χ2v) is 3.95. The molecular weight excluding hydrogens is 184 g/mol. The van der Waals surface area contributed by atoms with Crippen molar-refractivity contribution >= 4 is 27.7 Å². The van der Waals surface area contributed by atoms with Crippen LogP contribution in [0.4, 0.5) is 0 Å². The summed E-state index contributed by atoms with van der Waals surface area (Å²) >= 11 is 1.55. The summed E-state index contributed by atoms with van der Waals surface area (Å²) < 4.78 is 1.11. The Morgan fingerprint density at radius 1 is 1.38 bits per heavy atom. The zero-order valence-corrected chi connectivity index (χ0v) is 7.67. The molecule has 1 aromatic carbocycles. The van der Waals surface area contributed by atoms with E-state index in [9.17, 15) is 4.79 Å². The molecule has 0 atom stereocenters. The van der Waals surface area contributed by atoms with E-state index in [1.807, 2.05) is 18.2 Å². The predicted octanol–water partition coefficient (Wildman–Crippen LogP) is 2.21. The van der Waals surface area contributed by atoms with E-state index in [0.29, 0.717) is 5.56 Å². The highest BCUT2D eigenvalue weighted by atomic mass is 32.1. The van der Waals surface area contributed by atoms with E-state index in [-0.39, 0.29) is 6.61 Å². The summed E-state index contributed by atoms with van der Waals surface area (Å²) in [6.07, 6.45) is 0.829. The molecule has 3 heteroatoms. The SMILES string of the molecule is O=Cc1ccc2sc(CO)cc2c1. The Balaban J connectivity index is 2.63. The number of aliphatic hydroxyl groups excluding tert-OH is 1. The standard InChI is InChI=1S/C10H8O2S/c11-5-7-1-2-10-8(3-7)4-9(6-12)13-10/h1-5,12H,6H2. The molecule has 0 unspecified atom stereocenters. The van der Waals surface area contributed by atoms with E-state index in [4.69, 9.17) is 5.11 Å². The van der Waals surface area contributed by atoms with Gasteiger partial charge in [-0.2, -0.15) is 0 Å². The fourth-order valence-electron chi connectivity index (χ4n) is 1.27. The lowest BCUT2D eigenvalue weighted by Crippen LogP contribution is -1.75. The van der Waals surface area contributed by atoms with E-state index >= 15 is 0 Å². The Morgan fingerprint density at radius 2 is 2.23 bits per heavy atom. The minimum Gasteiger partial charge on any atom is -0.391 e. The van der Waals surface area contributed by atoms with Gasteiger partial charge < -0.3 is 5.11 Å². The van der Waals surface area contributed by atoms with Gasteiger partial charge in [0.15, 0.2) is 0 Å². The Kier molecular flexibility index (Phi) is 2.12. The maximum absolute atomic E-state index is 10.5. The van der Waals surface area contributed by atoms with Gasteiger partial charge in [-0.15, -0.1) is 11.3 Å². The first kappa shape index (κ1) is 8.41. The molecule has 2 aromatic rings. The lowest BCUT2D eigenvalue weighted by molar-refractivity contribution is 0.112. The Morgan fingerprint density at radius 3 is 2.92 bits per heavy atom. The third-order valence-electron chi connectivity index (χ3n) is 1.88. The van der Waals surface area contributed by atoms with Gasteiger partial charge >= 0.3 is 0 Å². The van der Waals surface area contributed by atoms with Crippen LogP contribution in [0.15, 0.2) is 24.3 Å². The zero-order chi connectivity index (χ0) is 9.26. The minimum absolute atomic E-state index is 0.0652. The molecule has 1 heterocycles. The van der Waals surface area contributed by atoms with Crippen LogP contribution < -0.4 is 0 Å². The van der Waals surface area contributed by atoms with Crippen LogP contribution in [0.3, 0.4) is 0 Å². The lowest BCUT2D eigenvalue weighted by atomic mass is 10.2. The monoisotopic (exact) mass is 192 g/mol. The van der Waals surface area contributed by atoms with Crippen molar-refractivity contribution < 1.29 is 9.90 Å². The molecule has 0 aliphatic rings. The Labute approximate surface area is 79.4 Å². The molecule has 0 aliphatic heterocycles. The number of aliphatic hydroxyl groups is 1. The summed E-state index contributed by atoms with van der Waals surface area (Å²) in [5, 5.41) is 9.93. The van der Waals surface area contributed by atoms with E-state index in [2.05, 4.69) is 0 Å². The van der Waals surface area contributed by atoms with Crippen LogP contribution in [0.25, 0.3) is 10.1 Å². The van der Waals surface area contributed by atoms with Crippen LogP contribution in [0.2, 0.25) is 0 Å². The average Bonchev–Trinajstić information content (AvgIpc) is 2.58. The molecule has 66 valence electrons. The number of rotatable bonds is 2. The van der Waals surface area contributed by atoms with Gasteiger partial charge in [0.05, 0.1) is 6.61 Å². The number of carbonyl (C=O) groups excluding carboxylic acids is 1. The fraction of sp³-hybridized carbons (Fsp3) is 0.100. The third-order valence-corrected chi connectivity index (χ3v) is 2.98. The highest BCUT2D eigenvalue weighted by Gasteiger charge is 2.00. The highest BCUT2D eigenvalue weighted by molar-refractivity contribution is 7.19. The van der Waals surface area contributed by atoms with Gasteiger partial charge in [0.25, 0.3) is 0 Å². The van der Waals surface area contributed by atoms with Gasteiger partial charge in [0, 0.05) is 15.1 Å². The summed E-state index contributed by atoms with van der Waals surface area (Å²) in [5.41, 5.74) is 0.676. The van der Waals surface area contributed by atoms with Crippen LogP contribution >= 0.6 is 11.3 Å². The van der Waals surface area contributed by atoms with E-state index < -0.39 is 0 Å². The highest BCUT2D eigenvalue weighted by Crippen LogP contribution is 2.25. The van der Waals surface area contributed by atoms with Gasteiger partial charge in [0.1, 0.15) is 6.29 Å². The third kappa shape index (κ3) is 1.48. The van der Waals surface area contributed by atoms with E-state index in [0.717, 1.165) is 21.2 Å². The van der Waals surface area contributed by atoms with Crippen molar-refractivity contribution in [1.82, 2.24) is 0 Å². The Bertz CT molecular complexity index is 445. The van der Waals surface area contributed by atoms with Gasteiger partial charge in [-0.1, -0.05) is 6.07 Å². The fourth-order valence-corrected chi connectivity index (χ4v) is 2.17. The van der Waals surface area contributed by atoms with Crippen LogP contribution in [0.5, 0.6) is 0 Å². The van der Waals surface area contributed by atoms with Gasteiger partial charge in [-0.3, -0.25) is 4.79 Å². The number of benzene rings is 1. The zero-order valence-electron chi connectivity index (χ0n) is 6.86. The van der Waals surface area contributed by atoms with Crippen molar-refractivity contribution in [3.05, 3.63) is 34.7 Å². The molecule has 2 rings (SSSR count). The number of fused-ring (bicyclic) bond motifs is 1. The smallest absolute Gasteiger partial charge is 0.150 e. The van der Waals surface area contributed by atoms with Crippen LogP contribution in [0, 0.1) is 0 Å². The van der Waals surface area contributed by atoms with Crippen molar-refractivity contribution in [3.63, 3.8) is 0 Å². The quantitative estimate of drug-likeness (QED) is 0.741. The number of hydrogen-bond donors (Lipinski definition) is 1. The predicted molar refractivity (Wildman–Crippen MR) is 53.1 cm³/mol. The molecule has 0 amide bonds. The normalized spacial score (nSPS) is 10.5. The van der Waals surface area contributed by atoms with Crippen molar-refractivity contribution in [3.8, 4) is 0 Å². The summed E-state index contributed by atoms with van der Waals surface area (Å²) in [7, 11) is 0. The van der Waals surface area contributed by atoms with Crippen LogP contribution in [0.1, 0.15) is 15.2 Å². The van der Waals surface area contributed by atoms with E-state index in [1.54, 1.807) is 17.4 Å². The molecule has 0 radical (unpaired) electrons. The molecule has 0 bridgehead atoms. The van der Waals surface area contributed by atoms with Crippen molar-refractivity contribution in [1.29, 1.82) is 0 Å². The first-order valence-corrected chi connectivity index (χ1v) is 4.73. The topological polar surface area (TPSA) is 37.3 Å². The van der Waals surface area contributed by atoms with Gasteiger partial charge in [-0.05, 0) is 23.6 Å². The molecule has 0 spiro atoms. The van der Waals surface area contributed by atoms with Crippen LogP contribution in [-0.2, 0) is 6.61 Å². The average molecular weight is 192 g/mol. The molecule has 0 aliphatic carbocycles. The van der Waals surface area contributed by atoms with Crippen molar-refractivity contribution in [2.75, 3.05) is 0 Å². The second kappa shape index (κ2) is 3.28. The maximum Gasteiger partial charge on any atom is 0.150 e. The molecular formula is C10H8O2S. The number of carbonyl (C=O) groups is 1. The first-order valence-electron chi connectivity index (χ1n) is 3.92. The summed E-state index contributed by atoms with van der Waals surface area (Å²) in [6, 6.07) is 7.43. The Hall–Kier alpha value is -1.19. The number of hydrogen-bond acceptors (Lipinski definition) is 3. The number of aldehydes is 1. The number of thiophene rings is 1. The van der Waals surface area contributed by atoms with Crippen molar-refractivity contribution in [2.45, 2.75) is 6.61 Å².